The first-order chi connectivity index (χ1) is 14.7. The maximum absolute atomic E-state index is 6.00. The Balaban J connectivity index is 1.41. The van der Waals surface area contributed by atoms with Crippen molar-refractivity contribution in [3.05, 3.63) is 42.0 Å². The maximum atomic E-state index is 6.00. The van der Waals surface area contributed by atoms with Crippen LogP contribution >= 0.6 is 0 Å². The monoisotopic (exact) mass is 414 g/mol. The highest BCUT2D eigenvalue weighted by Gasteiger charge is 2.40. The third-order valence-electron chi connectivity index (χ3n) is 6.10. The van der Waals surface area contributed by atoms with E-state index in [-0.39, 0.29) is 5.60 Å². The zero-order valence-electron chi connectivity index (χ0n) is 19.8. The third kappa shape index (κ3) is 11.8. The first-order valence-electron chi connectivity index (χ1n) is 12.7. The van der Waals surface area contributed by atoms with Crippen molar-refractivity contribution in [3.8, 4) is 5.75 Å². The highest BCUT2D eigenvalue weighted by Crippen LogP contribution is 2.28. The Morgan fingerprint density at radius 2 is 1.40 bits per heavy atom. The fourth-order valence-electron chi connectivity index (χ4n) is 3.85. The first-order valence-corrected chi connectivity index (χ1v) is 12.7. The first kappa shape index (κ1) is 25.0. The van der Waals surface area contributed by atoms with Gasteiger partial charge in [-0.2, -0.15) is 0 Å². The average Bonchev–Trinajstić information content (AvgIpc) is 3.50. The molecule has 0 N–H and O–H groups in total. The molecule has 2 heteroatoms. The molecule has 1 aliphatic heterocycles. The molecule has 0 spiro atoms. The van der Waals surface area contributed by atoms with E-state index in [2.05, 4.69) is 50.3 Å². The van der Waals surface area contributed by atoms with Crippen molar-refractivity contribution >= 4 is 0 Å². The van der Waals surface area contributed by atoms with Crippen LogP contribution in [-0.4, -0.2) is 18.8 Å². The molecule has 30 heavy (non-hydrogen) atoms. The second kappa shape index (κ2) is 15.5. The molecular formula is C28H46O2. The Kier molecular flexibility index (Phi) is 12.9. The van der Waals surface area contributed by atoms with E-state index in [1.165, 1.54) is 95.5 Å². The highest BCUT2D eigenvalue weighted by molar-refractivity contribution is 5.33. The molecule has 1 atom stereocenters. The van der Waals surface area contributed by atoms with Crippen LogP contribution in [0, 0.1) is 0 Å². The molecule has 0 bridgehead atoms. The smallest absolute Gasteiger partial charge is 0.123 e. The summed E-state index contributed by atoms with van der Waals surface area (Å²) in [7, 11) is 0. The largest absolute Gasteiger partial charge is 0.490 e. The fourth-order valence-corrected chi connectivity index (χ4v) is 3.85. The zero-order chi connectivity index (χ0) is 21.3. The maximum Gasteiger partial charge on any atom is 0.123 e. The summed E-state index contributed by atoms with van der Waals surface area (Å²) >= 11 is 0. The van der Waals surface area contributed by atoms with Crippen molar-refractivity contribution in [3.63, 3.8) is 0 Å². The van der Waals surface area contributed by atoms with E-state index in [0.29, 0.717) is 6.61 Å². The van der Waals surface area contributed by atoms with Gasteiger partial charge in [0.15, 0.2) is 0 Å². The molecule has 1 heterocycles. The van der Waals surface area contributed by atoms with Crippen molar-refractivity contribution in [1.29, 1.82) is 0 Å². The van der Waals surface area contributed by atoms with E-state index in [0.717, 1.165) is 18.8 Å². The van der Waals surface area contributed by atoms with Gasteiger partial charge in [0.1, 0.15) is 18.0 Å². The van der Waals surface area contributed by atoms with Gasteiger partial charge in [0, 0.05) is 0 Å². The number of hydrogen-bond acceptors (Lipinski definition) is 2. The Morgan fingerprint density at radius 3 is 2.03 bits per heavy atom. The van der Waals surface area contributed by atoms with Gasteiger partial charge in [-0.15, -0.1) is 0 Å². The summed E-state index contributed by atoms with van der Waals surface area (Å²) in [6.07, 6.45) is 25.0. The minimum Gasteiger partial charge on any atom is -0.490 e. The van der Waals surface area contributed by atoms with Gasteiger partial charge in [0.25, 0.3) is 0 Å². The SMILES string of the molecule is CCCCCCCCCCCC/C=C/CCCCc1ccccc1OCC1(C)CO1. The number of benzene rings is 1. The molecule has 170 valence electrons. The van der Waals surface area contributed by atoms with Gasteiger partial charge in [0.2, 0.25) is 0 Å². The zero-order valence-corrected chi connectivity index (χ0v) is 19.8. The molecule has 1 aromatic rings. The number of ether oxygens (including phenoxy) is 2. The van der Waals surface area contributed by atoms with Gasteiger partial charge in [-0.05, 0) is 57.1 Å². The Hall–Kier alpha value is -1.28. The van der Waals surface area contributed by atoms with Crippen molar-refractivity contribution < 1.29 is 9.47 Å². The number of rotatable bonds is 19. The average molecular weight is 415 g/mol. The van der Waals surface area contributed by atoms with Crippen LogP contribution < -0.4 is 4.74 Å². The molecule has 0 aromatic heterocycles. The quantitative estimate of drug-likeness (QED) is 0.129. The van der Waals surface area contributed by atoms with Crippen LogP contribution in [0.1, 0.15) is 109 Å². The summed E-state index contributed by atoms with van der Waals surface area (Å²) in [6.45, 7) is 5.88. The van der Waals surface area contributed by atoms with Crippen LogP contribution in [0.2, 0.25) is 0 Å². The lowest BCUT2D eigenvalue weighted by Gasteiger charge is -2.13. The number of unbranched alkanes of at least 4 members (excludes halogenated alkanes) is 12. The molecule has 1 aromatic carbocycles. The Bertz CT molecular complexity index is 574. The second-order valence-electron chi connectivity index (χ2n) is 9.32. The predicted octanol–water partition coefficient (Wildman–Crippen LogP) is 8.43. The summed E-state index contributed by atoms with van der Waals surface area (Å²) in [4.78, 5) is 0. The Labute approximate surface area is 186 Å². The lowest BCUT2D eigenvalue weighted by Crippen LogP contribution is -2.17. The Morgan fingerprint density at radius 1 is 0.833 bits per heavy atom. The van der Waals surface area contributed by atoms with E-state index >= 15 is 0 Å². The third-order valence-corrected chi connectivity index (χ3v) is 6.10. The minimum absolute atomic E-state index is 0.0495. The van der Waals surface area contributed by atoms with Gasteiger partial charge in [-0.25, -0.2) is 0 Å². The van der Waals surface area contributed by atoms with Crippen LogP contribution in [0.3, 0.4) is 0 Å². The van der Waals surface area contributed by atoms with Crippen molar-refractivity contribution in [1.82, 2.24) is 0 Å². The van der Waals surface area contributed by atoms with E-state index in [1.807, 2.05) is 0 Å². The molecule has 0 radical (unpaired) electrons. The molecule has 0 amide bonds. The van der Waals surface area contributed by atoms with Crippen LogP contribution in [0.5, 0.6) is 5.75 Å². The van der Waals surface area contributed by atoms with E-state index in [9.17, 15) is 0 Å². The molecule has 0 saturated carbocycles. The fraction of sp³-hybridized carbons (Fsp3) is 0.714. The predicted molar refractivity (Wildman–Crippen MR) is 129 cm³/mol. The lowest BCUT2D eigenvalue weighted by atomic mass is 10.0. The summed E-state index contributed by atoms with van der Waals surface area (Å²) in [5, 5.41) is 0. The summed E-state index contributed by atoms with van der Waals surface area (Å²) < 4.78 is 11.4. The lowest BCUT2D eigenvalue weighted by molar-refractivity contribution is 0.201. The number of epoxide rings is 1. The molecule has 2 rings (SSSR count). The molecule has 1 unspecified atom stereocenters. The number of aryl methyl sites for hydroxylation is 1. The van der Waals surface area contributed by atoms with Crippen molar-refractivity contribution in [2.24, 2.45) is 0 Å². The van der Waals surface area contributed by atoms with Crippen LogP contribution in [0.15, 0.2) is 36.4 Å². The van der Waals surface area contributed by atoms with Gasteiger partial charge in [-0.3, -0.25) is 0 Å². The van der Waals surface area contributed by atoms with E-state index in [4.69, 9.17) is 9.47 Å². The summed E-state index contributed by atoms with van der Waals surface area (Å²) in [6, 6.07) is 8.47. The number of para-hydroxylation sites is 1. The normalized spacial score (nSPS) is 18.2. The van der Waals surface area contributed by atoms with E-state index < -0.39 is 0 Å². The highest BCUT2D eigenvalue weighted by atomic mass is 16.6. The van der Waals surface area contributed by atoms with Crippen LogP contribution in [-0.2, 0) is 11.2 Å². The van der Waals surface area contributed by atoms with Crippen molar-refractivity contribution in [2.45, 2.75) is 116 Å². The van der Waals surface area contributed by atoms with Gasteiger partial charge < -0.3 is 9.47 Å². The summed E-state index contributed by atoms with van der Waals surface area (Å²) in [5.74, 6) is 1.03. The molecule has 1 aliphatic rings. The van der Waals surface area contributed by atoms with Crippen LogP contribution in [0.25, 0.3) is 0 Å². The molecule has 0 aliphatic carbocycles. The van der Waals surface area contributed by atoms with E-state index in [1.54, 1.807) is 0 Å². The van der Waals surface area contributed by atoms with Gasteiger partial charge in [-0.1, -0.05) is 95.1 Å². The number of allylic oxidation sites excluding steroid dienone is 2. The summed E-state index contributed by atoms with van der Waals surface area (Å²) in [5.41, 5.74) is 1.28. The standard InChI is InChI=1S/C28H46O2/c1-3-4-5-6-7-8-9-10-11-12-13-14-15-16-17-18-21-26-22-19-20-23-27(26)29-24-28(2)25-30-28/h14-15,19-20,22-23H,3-13,16-18,21,24-25H2,1-2H3/b15-14+. The minimum atomic E-state index is -0.0495. The molecule has 2 nitrogen and oxygen atoms in total. The number of hydrogen-bond donors (Lipinski definition) is 0. The topological polar surface area (TPSA) is 21.8 Å². The van der Waals surface area contributed by atoms with Gasteiger partial charge >= 0.3 is 0 Å². The molecule has 1 fully saturated rings. The van der Waals surface area contributed by atoms with Gasteiger partial charge in [0.05, 0.1) is 6.61 Å². The molecular weight excluding hydrogens is 368 g/mol. The van der Waals surface area contributed by atoms with Crippen LogP contribution in [0.4, 0.5) is 0 Å². The molecule has 1 saturated heterocycles. The second-order valence-corrected chi connectivity index (χ2v) is 9.32. The van der Waals surface area contributed by atoms with Crippen molar-refractivity contribution in [2.75, 3.05) is 13.2 Å².